The lowest BCUT2D eigenvalue weighted by Crippen LogP contribution is -2.08. The molecular formula is C19H16Cl2N2O4. The van der Waals surface area contributed by atoms with Crippen LogP contribution in [0.5, 0.6) is 0 Å². The average Bonchev–Trinajstić information content (AvgIpc) is 2.64. The molecule has 0 fully saturated rings. The van der Waals surface area contributed by atoms with Gasteiger partial charge < -0.3 is 9.47 Å². The van der Waals surface area contributed by atoms with Gasteiger partial charge in [0.1, 0.15) is 0 Å². The van der Waals surface area contributed by atoms with Crippen LogP contribution in [0, 0.1) is 6.92 Å². The van der Waals surface area contributed by atoms with Crippen LogP contribution in [-0.2, 0) is 9.47 Å². The lowest BCUT2D eigenvalue weighted by molar-refractivity contribution is 0.0516. The maximum atomic E-state index is 12.1. The monoisotopic (exact) mass is 406 g/mol. The molecular weight excluding hydrogens is 391 g/mol. The van der Waals surface area contributed by atoms with E-state index in [1.54, 1.807) is 19.9 Å². The number of fused-ring (bicyclic) bond motifs is 2. The van der Waals surface area contributed by atoms with Gasteiger partial charge in [0.25, 0.3) is 0 Å². The van der Waals surface area contributed by atoms with Crippen molar-refractivity contribution in [1.29, 1.82) is 0 Å². The molecule has 3 rings (SSSR count). The van der Waals surface area contributed by atoms with E-state index in [-0.39, 0.29) is 34.4 Å². The van der Waals surface area contributed by atoms with Crippen molar-refractivity contribution in [2.75, 3.05) is 13.2 Å². The van der Waals surface area contributed by atoms with Gasteiger partial charge in [0.2, 0.25) is 0 Å². The minimum absolute atomic E-state index is 0.162. The lowest BCUT2D eigenvalue weighted by Gasteiger charge is -2.12. The molecule has 2 heterocycles. The fourth-order valence-electron chi connectivity index (χ4n) is 2.83. The number of ether oxygens (including phenoxy) is 2. The minimum Gasteiger partial charge on any atom is -0.462 e. The summed E-state index contributed by atoms with van der Waals surface area (Å²) in [6, 6.07) is 1.67. The van der Waals surface area contributed by atoms with Gasteiger partial charge in [-0.15, -0.1) is 0 Å². The summed E-state index contributed by atoms with van der Waals surface area (Å²) in [6.45, 7) is 5.69. The Hall–Kier alpha value is -2.44. The second-order valence-electron chi connectivity index (χ2n) is 5.71. The summed E-state index contributed by atoms with van der Waals surface area (Å²) in [5.74, 6) is -1.11. The van der Waals surface area contributed by atoms with E-state index in [4.69, 9.17) is 32.7 Å². The number of hydrogen-bond donors (Lipinski definition) is 0. The number of rotatable bonds is 4. The number of carbonyl (C=O) groups is 2. The summed E-state index contributed by atoms with van der Waals surface area (Å²) in [5.41, 5.74) is 2.24. The van der Waals surface area contributed by atoms with E-state index in [0.29, 0.717) is 21.8 Å². The Kier molecular flexibility index (Phi) is 5.48. The average molecular weight is 407 g/mol. The fourth-order valence-corrected chi connectivity index (χ4v) is 3.37. The number of aryl methyl sites for hydroxylation is 1. The Morgan fingerprint density at radius 1 is 0.889 bits per heavy atom. The van der Waals surface area contributed by atoms with E-state index < -0.39 is 11.9 Å². The number of pyridine rings is 2. The Labute approximate surface area is 165 Å². The largest absolute Gasteiger partial charge is 0.462 e. The topological polar surface area (TPSA) is 78.4 Å². The van der Waals surface area contributed by atoms with Crippen molar-refractivity contribution in [2.45, 2.75) is 20.8 Å². The third-order valence-electron chi connectivity index (χ3n) is 4.09. The Morgan fingerprint density at radius 3 is 1.67 bits per heavy atom. The van der Waals surface area contributed by atoms with Gasteiger partial charge in [-0.3, -0.25) is 9.97 Å². The third kappa shape index (κ3) is 3.31. The fraction of sp³-hybridized carbons (Fsp3) is 0.263. The molecule has 0 unspecified atom stereocenters. The van der Waals surface area contributed by atoms with Gasteiger partial charge in [0.05, 0.1) is 45.4 Å². The van der Waals surface area contributed by atoms with E-state index in [1.165, 1.54) is 12.4 Å². The van der Waals surface area contributed by atoms with Crippen LogP contribution in [0.15, 0.2) is 18.5 Å². The molecule has 0 aliphatic carbocycles. The number of benzene rings is 1. The van der Waals surface area contributed by atoms with Crippen LogP contribution >= 0.6 is 23.2 Å². The molecule has 3 aromatic rings. The number of carbonyl (C=O) groups excluding carboxylic acids is 2. The number of aromatic nitrogens is 2. The van der Waals surface area contributed by atoms with Crippen LogP contribution in [0.3, 0.4) is 0 Å². The Morgan fingerprint density at radius 2 is 1.30 bits per heavy atom. The lowest BCUT2D eigenvalue weighted by atomic mass is 10.0. The molecule has 0 amide bonds. The molecule has 0 N–H and O–H groups in total. The predicted molar refractivity (Wildman–Crippen MR) is 104 cm³/mol. The minimum atomic E-state index is -0.556. The zero-order valence-corrected chi connectivity index (χ0v) is 16.4. The van der Waals surface area contributed by atoms with Crippen molar-refractivity contribution in [3.05, 3.63) is 45.2 Å². The van der Waals surface area contributed by atoms with Crippen LogP contribution in [0.4, 0.5) is 0 Å². The molecule has 2 aromatic heterocycles. The van der Waals surface area contributed by atoms with Crippen molar-refractivity contribution in [3.8, 4) is 0 Å². The molecule has 0 bridgehead atoms. The summed E-state index contributed by atoms with van der Waals surface area (Å²) >= 11 is 12.9. The zero-order chi connectivity index (χ0) is 19.7. The van der Waals surface area contributed by atoms with Gasteiger partial charge in [-0.1, -0.05) is 23.2 Å². The van der Waals surface area contributed by atoms with E-state index in [9.17, 15) is 9.59 Å². The molecule has 27 heavy (non-hydrogen) atoms. The van der Waals surface area contributed by atoms with Gasteiger partial charge >= 0.3 is 11.9 Å². The Balaban J connectivity index is 2.31. The van der Waals surface area contributed by atoms with Crippen LogP contribution in [-0.4, -0.2) is 35.1 Å². The summed E-state index contributed by atoms with van der Waals surface area (Å²) in [5, 5.41) is 1.47. The third-order valence-corrected chi connectivity index (χ3v) is 4.91. The molecule has 1 aromatic carbocycles. The molecule has 8 heteroatoms. The first-order valence-corrected chi connectivity index (χ1v) is 9.06. The van der Waals surface area contributed by atoms with Gasteiger partial charge in [-0.2, -0.15) is 0 Å². The van der Waals surface area contributed by atoms with Crippen molar-refractivity contribution < 1.29 is 19.1 Å². The predicted octanol–water partition coefficient (Wildman–Crippen LogP) is 4.75. The Bertz CT molecular complexity index is 1000. The molecule has 0 atom stereocenters. The van der Waals surface area contributed by atoms with Gasteiger partial charge in [-0.05, 0) is 26.8 Å². The van der Waals surface area contributed by atoms with Crippen molar-refractivity contribution in [2.24, 2.45) is 0 Å². The van der Waals surface area contributed by atoms with Crippen molar-refractivity contribution in [1.82, 2.24) is 9.97 Å². The van der Waals surface area contributed by atoms with E-state index in [0.717, 1.165) is 5.56 Å². The SMILES string of the molecule is CCOC(=O)c1cnc2c(C)c3ncc(C(=O)OCC)c(Cl)c3cc2c1Cl. The van der Waals surface area contributed by atoms with Gasteiger partial charge in [0.15, 0.2) is 0 Å². The van der Waals surface area contributed by atoms with Crippen LogP contribution < -0.4 is 0 Å². The van der Waals surface area contributed by atoms with Crippen molar-refractivity contribution >= 4 is 56.9 Å². The number of nitrogens with zero attached hydrogens (tertiary/aromatic N) is 2. The van der Waals surface area contributed by atoms with E-state index in [1.807, 2.05) is 6.92 Å². The number of esters is 2. The smallest absolute Gasteiger partial charge is 0.341 e. The quantitative estimate of drug-likeness (QED) is 0.459. The summed E-state index contributed by atoms with van der Waals surface area (Å²) in [7, 11) is 0. The highest BCUT2D eigenvalue weighted by Crippen LogP contribution is 2.36. The molecule has 0 saturated heterocycles. The summed E-state index contributed by atoms with van der Waals surface area (Å²) < 4.78 is 10.0. The first kappa shape index (κ1) is 19.3. The summed E-state index contributed by atoms with van der Waals surface area (Å²) in [6.07, 6.45) is 2.77. The van der Waals surface area contributed by atoms with Gasteiger partial charge in [0, 0.05) is 28.7 Å². The van der Waals surface area contributed by atoms with Crippen LogP contribution in [0.25, 0.3) is 21.8 Å². The number of halogens is 2. The first-order chi connectivity index (χ1) is 12.9. The van der Waals surface area contributed by atoms with Crippen LogP contribution in [0.2, 0.25) is 10.0 Å². The first-order valence-electron chi connectivity index (χ1n) is 8.30. The molecule has 0 aliphatic heterocycles. The molecule has 0 radical (unpaired) electrons. The highest BCUT2D eigenvalue weighted by molar-refractivity contribution is 6.41. The second-order valence-corrected chi connectivity index (χ2v) is 6.46. The second kappa shape index (κ2) is 7.66. The maximum Gasteiger partial charge on any atom is 0.341 e. The van der Waals surface area contributed by atoms with Crippen molar-refractivity contribution in [3.63, 3.8) is 0 Å². The maximum absolute atomic E-state index is 12.1. The van der Waals surface area contributed by atoms with Gasteiger partial charge in [-0.25, -0.2) is 9.59 Å². The molecule has 140 valence electrons. The number of hydrogen-bond acceptors (Lipinski definition) is 6. The van der Waals surface area contributed by atoms with E-state index >= 15 is 0 Å². The van der Waals surface area contributed by atoms with E-state index in [2.05, 4.69) is 9.97 Å². The standard InChI is InChI=1S/C19H16Cl2N2O4/c1-4-26-18(24)12-7-22-16-9(3)17-11(6-10(16)14(12)20)15(21)13(8-23-17)19(25)27-5-2/h6-8H,4-5H2,1-3H3. The molecule has 0 aliphatic rings. The molecule has 0 spiro atoms. The summed E-state index contributed by atoms with van der Waals surface area (Å²) in [4.78, 5) is 32.9. The van der Waals surface area contributed by atoms with Crippen LogP contribution in [0.1, 0.15) is 40.1 Å². The highest BCUT2D eigenvalue weighted by Gasteiger charge is 2.21. The normalized spacial score (nSPS) is 11.0. The molecule has 0 saturated carbocycles. The zero-order valence-electron chi connectivity index (χ0n) is 14.9. The highest BCUT2D eigenvalue weighted by atomic mass is 35.5. The molecule has 6 nitrogen and oxygen atoms in total.